The monoisotopic (exact) mass is 346 g/mol. The minimum Gasteiger partial charge on any atom is -0.339 e. The van der Waals surface area contributed by atoms with Crippen LogP contribution in [0, 0.1) is 5.41 Å². The zero-order valence-corrected chi connectivity index (χ0v) is 13.5. The van der Waals surface area contributed by atoms with Gasteiger partial charge >= 0.3 is 0 Å². The number of ketones is 1. The van der Waals surface area contributed by atoms with E-state index in [2.05, 4.69) is 29.8 Å². The molecule has 1 fully saturated rings. The van der Waals surface area contributed by atoms with Gasteiger partial charge in [-0.2, -0.15) is 0 Å². The molecule has 1 aliphatic carbocycles. The van der Waals surface area contributed by atoms with Crippen molar-refractivity contribution in [3.8, 4) is 0 Å². The van der Waals surface area contributed by atoms with Crippen molar-refractivity contribution in [3.63, 3.8) is 0 Å². The van der Waals surface area contributed by atoms with E-state index in [1.165, 1.54) is 0 Å². The highest BCUT2D eigenvalue weighted by Crippen LogP contribution is 2.48. The zero-order chi connectivity index (χ0) is 14.8. The van der Waals surface area contributed by atoms with E-state index >= 15 is 0 Å². The molecule has 4 heteroatoms. The molecule has 0 aromatic heterocycles. The van der Waals surface area contributed by atoms with Crippen LogP contribution >= 0.6 is 15.9 Å². The summed E-state index contributed by atoms with van der Waals surface area (Å²) < 4.78 is 12.9. The number of benzene rings is 2. The molecule has 1 saturated heterocycles. The van der Waals surface area contributed by atoms with Gasteiger partial charge in [0.1, 0.15) is 0 Å². The van der Waals surface area contributed by atoms with E-state index in [1.807, 2.05) is 30.3 Å². The Morgan fingerprint density at radius 3 is 2.52 bits per heavy atom. The van der Waals surface area contributed by atoms with Crippen LogP contribution < -0.4 is 0 Å². The molecule has 2 aromatic rings. The Balaban J connectivity index is 1.96. The van der Waals surface area contributed by atoms with Crippen LogP contribution in [0.5, 0.6) is 0 Å². The zero-order valence-electron chi connectivity index (χ0n) is 11.9. The van der Waals surface area contributed by atoms with E-state index in [0.717, 1.165) is 20.8 Å². The highest BCUT2D eigenvalue weighted by atomic mass is 79.9. The van der Waals surface area contributed by atoms with E-state index < -0.39 is 5.79 Å². The van der Waals surface area contributed by atoms with Crippen LogP contribution in [-0.2, 0) is 15.3 Å². The minimum atomic E-state index is -1.25. The number of rotatable bonds is 0. The summed E-state index contributed by atoms with van der Waals surface area (Å²) in [5, 5.41) is 1.96. The molecular formula is C17H15BrO3. The molecule has 108 valence electrons. The smallest absolute Gasteiger partial charge is 0.261 e. The van der Waals surface area contributed by atoms with Gasteiger partial charge in [-0.3, -0.25) is 4.79 Å². The molecule has 3 nitrogen and oxygen atoms in total. The molecule has 21 heavy (non-hydrogen) atoms. The van der Waals surface area contributed by atoms with Crippen molar-refractivity contribution < 1.29 is 14.3 Å². The van der Waals surface area contributed by atoms with Gasteiger partial charge in [-0.05, 0) is 11.5 Å². The number of hydrogen-bond donors (Lipinski definition) is 0. The number of hydrogen-bond acceptors (Lipinski definition) is 3. The van der Waals surface area contributed by atoms with E-state index in [4.69, 9.17) is 9.47 Å². The van der Waals surface area contributed by atoms with Crippen LogP contribution in [0.3, 0.4) is 0 Å². The lowest BCUT2D eigenvalue weighted by molar-refractivity contribution is -0.273. The first-order valence-electron chi connectivity index (χ1n) is 6.99. The third kappa shape index (κ3) is 1.70. The lowest BCUT2D eigenvalue weighted by Crippen LogP contribution is -2.48. The minimum absolute atomic E-state index is 0.0746. The molecule has 0 atom stereocenters. The Morgan fingerprint density at radius 2 is 1.81 bits per heavy atom. The Morgan fingerprint density at radius 1 is 1.10 bits per heavy atom. The van der Waals surface area contributed by atoms with E-state index in [1.54, 1.807) is 0 Å². The number of carbonyl (C=O) groups excluding carboxylic acids is 1. The number of halogens is 1. The first kappa shape index (κ1) is 13.4. The largest absolute Gasteiger partial charge is 0.339 e. The summed E-state index contributed by atoms with van der Waals surface area (Å²) in [5.74, 6) is -1.34. The summed E-state index contributed by atoms with van der Waals surface area (Å²) in [6.45, 7) is 5.15. The van der Waals surface area contributed by atoms with Gasteiger partial charge in [0.05, 0.1) is 13.2 Å². The van der Waals surface area contributed by atoms with Gasteiger partial charge in [0, 0.05) is 26.4 Å². The van der Waals surface area contributed by atoms with Crippen LogP contribution in [0.1, 0.15) is 29.8 Å². The Hall–Kier alpha value is -1.23. The van der Waals surface area contributed by atoms with Gasteiger partial charge in [-0.15, -0.1) is 0 Å². The highest BCUT2D eigenvalue weighted by Gasteiger charge is 2.53. The summed E-state index contributed by atoms with van der Waals surface area (Å²) in [6, 6.07) is 9.64. The van der Waals surface area contributed by atoms with Crippen molar-refractivity contribution >= 4 is 32.5 Å². The van der Waals surface area contributed by atoms with Crippen molar-refractivity contribution in [1.29, 1.82) is 0 Å². The van der Waals surface area contributed by atoms with Crippen molar-refractivity contribution in [2.24, 2.45) is 5.41 Å². The second kappa shape index (κ2) is 4.15. The summed E-state index contributed by atoms with van der Waals surface area (Å²) in [4.78, 5) is 12.9. The Bertz CT molecular complexity index is 769. The van der Waals surface area contributed by atoms with E-state index in [-0.39, 0.29) is 11.2 Å². The number of fused-ring (bicyclic) bond motifs is 1. The van der Waals surface area contributed by atoms with Gasteiger partial charge in [-0.1, -0.05) is 54.0 Å². The summed E-state index contributed by atoms with van der Waals surface area (Å²) >= 11 is 3.55. The molecule has 0 amide bonds. The summed E-state index contributed by atoms with van der Waals surface area (Å²) in [6.07, 6.45) is 0. The van der Waals surface area contributed by atoms with E-state index in [9.17, 15) is 4.79 Å². The predicted octanol–water partition coefficient (Wildman–Crippen LogP) is 4.02. The SMILES string of the molecule is CC1(C)COC2(OC1)C(=O)c1cccc3c(Br)ccc2c13. The topological polar surface area (TPSA) is 35.5 Å². The maximum absolute atomic E-state index is 12.9. The molecule has 2 aromatic carbocycles. The van der Waals surface area contributed by atoms with Gasteiger partial charge in [0.15, 0.2) is 0 Å². The molecule has 4 rings (SSSR count). The molecule has 0 unspecified atom stereocenters. The average Bonchev–Trinajstić information content (AvgIpc) is 2.70. The van der Waals surface area contributed by atoms with Gasteiger partial charge in [0.2, 0.25) is 5.78 Å². The molecule has 1 spiro atoms. The van der Waals surface area contributed by atoms with Gasteiger partial charge in [-0.25, -0.2) is 0 Å². The second-order valence-corrected chi connectivity index (χ2v) is 7.36. The van der Waals surface area contributed by atoms with Crippen LogP contribution in [0.2, 0.25) is 0 Å². The van der Waals surface area contributed by atoms with Crippen molar-refractivity contribution in [1.82, 2.24) is 0 Å². The Labute approximate surface area is 131 Å². The number of ether oxygens (including phenoxy) is 2. The molecule has 1 heterocycles. The van der Waals surface area contributed by atoms with Crippen LogP contribution in [0.4, 0.5) is 0 Å². The lowest BCUT2D eigenvalue weighted by Gasteiger charge is -2.40. The van der Waals surface area contributed by atoms with E-state index in [0.29, 0.717) is 18.8 Å². The lowest BCUT2D eigenvalue weighted by atomic mass is 9.93. The molecule has 0 radical (unpaired) electrons. The first-order valence-corrected chi connectivity index (χ1v) is 7.78. The predicted molar refractivity (Wildman–Crippen MR) is 83.3 cm³/mol. The van der Waals surface area contributed by atoms with Crippen LogP contribution in [0.25, 0.3) is 10.8 Å². The fourth-order valence-corrected chi connectivity index (χ4v) is 3.56. The van der Waals surface area contributed by atoms with Crippen molar-refractivity contribution in [3.05, 3.63) is 45.9 Å². The molecule has 0 N–H and O–H groups in total. The molecule has 1 aliphatic heterocycles. The van der Waals surface area contributed by atoms with Gasteiger partial charge < -0.3 is 9.47 Å². The second-order valence-electron chi connectivity index (χ2n) is 6.51. The summed E-state index contributed by atoms with van der Waals surface area (Å²) in [5.41, 5.74) is 1.44. The fraction of sp³-hybridized carbons (Fsp3) is 0.353. The Kier molecular flexibility index (Phi) is 2.66. The molecule has 2 aliphatic rings. The molecular weight excluding hydrogens is 332 g/mol. The first-order chi connectivity index (χ1) is 9.95. The normalized spacial score (nSPS) is 22.1. The fourth-order valence-electron chi connectivity index (χ4n) is 3.10. The van der Waals surface area contributed by atoms with Crippen LogP contribution in [0.15, 0.2) is 34.8 Å². The van der Waals surface area contributed by atoms with Crippen LogP contribution in [-0.4, -0.2) is 19.0 Å². The number of carbonyl (C=O) groups is 1. The summed E-state index contributed by atoms with van der Waals surface area (Å²) in [7, 11) is 0. The van der Waals surface area contributed by atoms with Crippen molar-refractivity contribution in [2.75, 3.05) is 13.2 Å². The maximum Gasteiger partial charge on any atom is 0.261 e. The van der Waals surface area contributed by atoms with Crippen molar-refractivity contribution in [2.45, 2.75) is 19.6 Å². The maximum atomic E-state index is 12.9. The molecule has 0 saturated carbocycles. The third-order valence-corrected chi connectivity index (χ3v) is 4.91. The third-order valence-electron chi connectivity index (χ3n) is 4.22. The average molecular weight is 347 g/mol. The highest BCUT2D eigenvalue weighted by molar-refractivity contribution is 9.10. The number of Topliss-reactive ketones (excluding diaryl/α,β-unsaturated/α-hetero) is 1. The van der Waals surface area contributed by atoms with Gasteiger partial charge in [0.25, 0.3) is 5.79 Å². The standard InChI is InChI=1S/C17H15BrO3/c1-16(2)8-20-17(21-9-16)12-6-7-13(18)10-4-3-5-11(14(10)12)15(17)19/h3-7H,8-9H2,1-2H3. The molecule has 0 bridgehead atoms. The quantitative estimate of drug-likeness (QED) is 0.722.